The van der Waals surface area contributed by atoms with Crippen LogP contribution < -0.4 is 10.6 Å². The number of halogens is 1. The first kappa shape index (κ1) is 23.1. The van der Waals surface area contributed by atoms with Crippen molar-refractivity contribution in [2.75, 3.05) is 19.6 Å². The van der Waals surface area contributed by atoms with E-state index in [4.69, 9.17) is 4.52 Å². The molecule has 0 aliphatic rings. The molecule has 0 aliphatic carbocycles. The molecule has 0 aliphatic heterocycles. The van der Waals surface area contributed by atoms with E-state index in [1.807, 2.05) is 0 Å². The normalized spacial score (nSPS) is 12.0. The van der Waals surface area contributed by atoms with E-state index in [-0.39, 0.29) is 24.0 Å². The number of nitrogens with zero attached hydrogens (tertiary/aromatic N) is 4. The molecule has 0 amide bonds. The molecule has 0 spiro atoms. The summed E-state index contributed by atoms with van der Waals surface area (Å²) in [6.45, 7) is 16.0. The van der Waals surface area contributed by atoms with E-state index < -0.39 is 0 Å². The predicted octanol–water partition coefficient (Wildman–Crippen LogP) is 2.56. The van der Waals surface area contributed by atoms with Gasteiger partial charge in [0.1, 0.15) is 6.54 Å². The molecule has 0 unspecified atom stereocenters. The molecule has 1 aromatic rings. The minimum Gasteiger partial charge on any atom is -0.357 e. The minimum atomic E-state index is 0. The average molecular weight is 452 g/mol. The van der Waals surface area contributed by atoms with E-state index in [1.165, 1.54) is 0 Å². The standard InChI is InChI=1S/C16H32N6O.HI/c1-7-17-16(19-11-15-20-14(6)23-21-15)18-9-8-10-22(12(2)3)13(4)5;/h12-13H,7-11H2,1-6H3,(H2,17,18,19);1H. The number of nitrogens with one attached hydrogen (secondary N) is 2. The van der Waals surface area contributed by atoms with Crippen molar-refractivity contribution in [1.29, 1.82) is 0 Å². The van der Waals surface area contributed by atoms with Crippen LogP contribution in [0.2, 0.25) is 0 Å². The van der Waals surface area contributed by atoms with Gasteiger partial charge in [-0.25, -0.2) is 4.99 Å². The van der Waals surface area contributed by atoms with Crippen LogP contribution in [0, 0.1) is 6.92 Å². The Bertz CT molecular complexity index is 467. The van der Waals surface area contributed by atoms with Gasteiger partial charge in [0, 0.05) is 38.6 Å². The van der Waals surface area contributed by atoms with Gasteiger partial charge in [0.05, 0.1) is 0 Å². The topological polar surface area (TPSA) is 78.6 Å². The molecular formula is C16H33IN6O. The average Bonchev–Trinajstić information content (AvgIpc) is 2.89. The molecule has 140 valence electrons. The fourth-order valence-corrected chi connectivity index (χ4v) is 2.48. The van der Waals surface area contributed by atoms with E-state index >= 15 is 0 Å². The molecule has 0 bridgehead atoms. The van der Waals surface area contributed by atoms with Gasteiger partial charge in [0.15, 0.2) is 11.8 Å². The molecule has 0 atom stereocenters. The van der Waals surface area contributed by atoms with E-state index in [2.05, 4.69) is 65.3 Å². The smallest absolute Gasteiger partial charge is 0.223 e. The van der Waals surface area contributed by atoms with Crippen LogP contribution >= 0.6 is 24.0 Å². The summed E-state index contributed by atoms with van der Waals surface area (Å²) in [6, 6.07) is 1.14. The Morgan fingerprint density at radius 1 is 1.21 bits per heavy atom. The Balaban J connectivity index is 0.00000529. The molecule has 8 heteroatoms. The van der Waals surface area contributed by atoms with Crippen molar-refractivity contribution in [2.45, 2.75) is 66.6 Å². The second-order valence-corrected chi connectivity index (χ2v) is 6.13. The maximum atomic E-state index is 4.95. The Morgan fingerprint density at radius 2 is 1.88 bits per heavy atom. The van der Waals surface area contributed by atoms with E-state index in [0.717, 1.165) is 32.0 Å². The van der Waals surface area contributed by atoms with Gasteiger partial charge >= 0.3 is 0 Å². The summed E-state index contributed by atoms with van der Waals surface area (Å²) >= 11 is 0. The molecule has 1 aromatic heterocycles. The Labute approximate surface area is 163 Å². The summed E-state index contributed by atoms with van der Waals surface area (Å²) in [5, 5.41) is 10.4. The zero-order chi connectivity index (χ0) is 17.2. The third-order valence-electron chi connectivity index (χ3n) is 3.50. The summed E-state index contributed by atoms with van der Waals surface area (Å²) in [6.07, 6.45) is 1.07. The van der Waals surface area contributed by atoms with Gasteiger partial charge in [-0.15, -0.1) is 24.0 Å². The highest BCUT2D eigenvalue weighted by atomic mass is 127. The molecule has 0 saturated heterocycles. The Hall–Kier alpha value is -0.900. The molecule has 2 N–H and O–H groups in total. The molecular weight excluding hydrogens is 419 g/mol. The van der Waals surface area contributed by atoms with Crippen LogP contribution in [-0.4, -0.2) is 52.7 Å². The molecule has 24 heavy (non-hydrogen) atoms. The highest BCUT2D eigenvalue weighted by molar-refractivity contribution is 14.0. The highest BCUT2D eigenvalue weighted by Gasteiger charge is 2.12. The molecule has 1 rings (SSSR count). The molecule has 1 heterocycles. The summed E-state index contributed by atoms with van der Waals surface area (Å²) < 4.78 is 4.95. The number of aromatic nitrogens is 2. The van der Waals surface area contributed by atoms with Crippen LogP contribution in [0.5, 0.6) is 0 Å². The molecule has 0 fully saturated rings. The number of hydrogen-bond acceptors (Lipinski definition) is 5. The molecule has 0 aromatic carbocycles. The number of hydrogen-bond donors (Lipinski definition) is 2. The van der Waals surface area contributed by atoms with Crippen molar-refractivity contribution < 1.29 is 4.52 Å². The lowest BCUT2D eigenvalue weighted by Gasteiger charge is -2.30. The zero-order valence-electron chi connectivity index (χ0n) is 15.8. The summed E-state index contributed by atoms with van der Waals surface area (Å²) in [7, 11) is 0. The molecule has 0 radical (unpaired) electrons. The minimum absolute atomic E-state index is 0. The Kier molecular flexibility index (Phi) is 12.0. The van der Waals surface area contributed by atoms with Gasteiger partial charge in [-0.2, -0.15) is 4.98 Å². The van der Waals surface area contributed by atoms with Gasteiger partial charge in [0.25, 0.3) is 0 Å². The number of aryl methyl sites for hydroxylation is 1. The largest absolute Gasteiger partial charge is 0.357 e. The first-order valence-electron chi connectivity index (χ1n) is 8.51. The maximum Gasteiger partial charge on any atom is 0.223 e. The van der Waals surface area contributed by atoms with Crippen molar-refractivity contribution in [2.24, 2.45) is 4.99 Å². The lowest BCUT2D eigenvalue weighted by Crippen LogP contribution is -2.41. The SMILES string of the molecule is CCNC(=NCc1noc(C)n1)NCCCN(C(C)C)C(C)C.I. The highest BCUT2D eigenvalue weighted by Crippen LogP contribution is 2.05. The van der Waals surface area contributed by atoms with Crippen LogP contribution in [0.1, 0.15) is 52.8 Å². The number of guanidine groups is 1. The number of aliphatic imine (C=N–C) groups is 1. The molecule has 0 saturated carbocycles. The van der Waals surface area contributed by atoms with Crippen molar-refractivity contribution in [3.05, 3.63) is 11.7 Å². The summed E-state index contributed by atoms with van der Waals surface area (Å²) in [4.78, 5) is 11.1. The van der Waals surface area contributed by atoms with Crippen molar-refractivity contribution in [3.8, 4) is 0 Å². The van der Waals surface area contributed by atoms with Crippen molar-refractivity contribution in [3.63, 3.8) is 0 Å². The van der Waals surface area contributed by atoms with Crippen LogP contribution in [0.15, 0.2) is 9.52 Å². The summed E-state index contributed by atoms with van der Waals surface area (Å²) in [5.74, 6) is 1.96. The maximum absolute atomic E-state index is 4.95. The second-order valence-electron chi connectivity index (χ2n) is 6.13. The fourth-order valence-electron chi connectivity index (χ4n) is 2.48. The van der Waals surface area contributed by atoms with Crippen LogP contribution in [0.4, 0.5) is 0 Å². The zero-order valence-corrected chi connectivity index (χ0v) is 18.1. The fraction of sp³-hybridized carbons (Fsp3) is 0.812. The monoisotopic (exact) mass is 452 g/mol. The van der Waals surface area contributed by atoms with E-state index in [1.54, 1.807) is 6.92 Å². The van der Waals surface area contributed by atoms with Crippen LogP contribution in [0.25, 0.3) is 0 Å². The Morgan fingerprint density at radius 3 is 2.38 bits per heavy atom. The third kappa shape index (κ3) is 8.81. The van der Waals surface area contributed by atoms with Crippen LogP contribution in [-0.2, 0) is 6.54 Å². The van der Waals surface area contributed by atoms with Crippen molar-refractivity contribution >= 4 is 29.9 Å². The van der Waals surface area contributed by atoms with Crippen LogP contribution in [0.3, 0.4) is 0 Å². The number of rotatable bonds is 9. The second kappa shape index (κ2) is 12.5. The van der Waals surface area contributed by atoms with Crippen molar-refractivity contribution in [1.82, 2.24) is 25.7 Å². The van der Waals surface area contributed by atoms with E-state index in [9.17, 15) is 0 Å². The van der Waals surface area contributed by atoms with Gasteiger partial charge < -0.3 is 15.2 Å². The first-order chi connectivity index (χ1) is 10.9. The van der Waals surface area contributed by atoms with Gasteiger partial charge in [-0.3, -0.25) is 4.90 Å². The van der Waals surface area contributed by atoms with Gasteiger partial charge in [-0.05, 0) is 41.0 Å². The quantitative estimate of drug-likeness (QED) is 0.260. The van der Waals surface area contributed by atoms with Gasteiger partial charge in [0.2, 0.25) is 5.89 Å². The molecule has 7 nitrogen and oxygen atoms in total. The lowest BCUT2D eigenvalue weighted by molar-refractivity contribution is 0.173. The van der Waals surface area contributed by atoms with E-state index in [0.29, 0.717) is 30.3 Å². The lowest BCUT2D eigenvalue weighted by atomic mass is 10.2. The first-order valence-corrected chi connectivity index (χ1v) is 8.51. The third-order valence-corrected chi connectivity index (χ3v) is 3.50. The summed E-state index contributed by atoms with van der Waals surface area (Å²) in [5.41, 5.74) is 0. The van der Waals surface area contributed by atoms with Gasteiger partial charge in [-0.1, -0.05) is 5.16 Å². The predicted molar refractivity (Wildman–Crippen MR) is 109 cm³/mol.